The van der Waals surface area contributed by atoms with Gasteiger partial charge in [0.1, 0.15) is 11.6 Å². The molecule has 3 aromatic rings. The predicted molar refractivity (Wildman–Crippen MR) is 98.1 cm³/mol. The van der Waals surface area contributed by atoms with Crippen LogP contribution in [0.25, 0.3) is 11.0 Å². The summed E-state index contributed by atoms with van der Waals surface area (Å²) in [6, 6.07) is 15.2. The number of primary amides is 1. The van der Waals surface area contributed by atoms with Crippen molar-refractivity contribution in [1.82, 2.24) is 5.32 Å². The maximum atomic E-state index is 12.5. The number of benzene rings is 2. The van der Waals surface area contributed by atoms with Gasteiger partial charge >= 0.3 is 0 Å². The van der Waals surface area contributed by atoms with Gasteiger partial charge in [-0.3, -0.25) is 19.2 Å². The molecule has 2 amide bonds. The Labute approximate surface area is 153 Å². The van der Waals surface area contributed by atoms with Gasteiger partial charge in [0, 0.05) is 12.5 Å². The second-order valence-electron chi connectivity index (χ2n) is 5.92. The number of amides is 2. The summed E-state index contributed by atoms with van der Waals surface area (Å²) >= 11 is 0. The molecule has 0 unspecified atom stereocenters. The van der Waals surface area contributed by atoms with E-state index in [1.807, 2.05) is 0 Å². The number of nitrogens with two attached hydrogens (primary N) is 1. The highest BCUT2D eigenvalue weighted by molar-refractivity contribution is 6.38. The Kier molecular flexibility index (Phi) is 5.12. The number of carbonyl (C=O) groups is 3. The topological polar surface area (TPSA) is 119 Å². The summed E-state index contributed by atoms with van der Waals surface area (Å²) in [5.74, 6) is -3.13. The Morgan fingerprint density at radius 2 is 1.67 bits per heavy atom. The molecule has 0 spiro atoms. The quantitative estimate of drug-likeness (QED) is 0.637. The molecule has 136 valence electrons. The first kappa shape index (κ1) is 18.1. The number of hydrogen-bond donors (Lipinski definition) is 2. The minimum Gasteiger partial charge on any atom is -0.451 e. The van der Waals surface area contributed by atoms with Gasteiger partial charge in [0.05, 0.1) is 5.39 Å². The lowest BCUT2D eigenvalue weighted by Crippen LogP contribution is -2.47. The van der Waals surface area contributed by atoms with E-state index in [9.17, 15) is 19.2 Å². The molecule has 0 fully saturated rings. The van der Waals surface area contributed by atoms with Crippen LogP contribution in [0.2, 0.25) is 0 Å². The largest absolute Gasteiger partial charge is 0.451 e. The number of hydrogen-bond acceptors (Lipinski definition) is 5. The number of rotatable bonds is 6. The molecule has 0 aliphatic heterocycles. The Morgan fingerprint density at radius 3 is 2.37 bits per heavy atom. The van der Waals surface area contributed by atoms with Gasteiger partial charge in [0.2, 0.25) is 5.78 Å². The lowest BCUT2D eigenvalue weighted by atomic mass is 10.0. The van der Waals surface area contributed by atoms with Crippen molar-refractivity contribution in [3.05, 3.63) is 82.2 Å². The van der Waals surface area contributed by atoms with E-state index in [0.717, 1.165) is 11.6 Å². The molecule has 1 atom stereocenters. The average molecular weight is 364 g/mol. The van der Waals surface area contributed by atoms with E-state index in [1.54, 1.807) is 54.6 Å². The Hall–Kier alpha value is -3.74. The fourth-order valence-electron chi connectivity index (χ4n) is 2.68. The molecule has 0 aliphatic rings. The van der Waals surface area contributed by atoms with Gasteiger partial charge in [-0.2, -0.15) is 0 Å². The summed E-state index contributed by atoms with van der Waals surface area (Å²) in [5.41, 5.74) is 5.68. The van der Waals surface area contributed by atoms with Gasteiger partial charge in [-0.05, 0) is 17.7 Å². The molecule has 0 bridgehead atoms. The molecular formula is C20H16N2O5. The maximum absolute atomic E-state index is 12.5. The molecule has 2 aromatic carbocycles. The molecular weight excluding hydrogens is 348 g/mol. The third-order valence-electron chi connectivity index (χ3n) is 4.01. The summed E-state index contributed by atoms with van der Waals surface area (Å²) in [4.78, 5) is 48.1. The van der Waals surface area contributed by atoms with Crippen LogP contribution >= 0.6 is 0 Å². The highest BCUT2D eigenvalue weighted by Crippen LogP contribution is 2.12. The standard InChI is InChI=1S/C20H16N2O5/c21-19(25)18(24)14(10-12-6-2-1-3-7-12)22-20(26)17-11-15(23)13-8-4-5-9-16(13)27-17/h1-9,11,14H,10H2,(H2,21,25)(H,22,26)/t14-/m0/s1. The number of ketones is 1. The highest BCUT2D eigenvalue weighted by atomic mass is 16.3. The molecule has 3 N–H and O–H groups in total. The minimum atomic E-state index is -1.17. The van der Waals surface area contributed by atoms with E-state index in [2.05, 4.69) is 5.32 Å². The molecule has 3 rings (SSSR count). The molecule has 27 heavy (non-hydrogen) atoms. The summed E-state index contributed by atoms with van der Waals surface area (Å²) in [5, 5.41) is 2.77. The average Bonchev–Trinajstić information content (AvgIpc) is 2.67. The number of fused-ring (bicyclic) bond motifs is 1. The van der Waals surface area contributed by atoms with Crippen molar-refractivity contribution in [3.63, 3.8) is 0 Å². The number of Topliss-reactive ketones (excluding diaryl/α,β-unsaturated/α-hetero) is 1. The molecule has 0 aliphatic carbocycles. The summed E-state index contributed by atoms with van der Waals surface area (Å²) in [6.45, 7) is 0. The first-order chi connectivity index (χ1) is 13.0. The summed E-state index contributed by atoms with van der Waals surface area (Å²) < 4.78 is 5.46. The number of para-hydroxylation sites is 1. The highest BCUT2D eigenvalue weighted by Gasteiger charge is 2.26. The maximum Gasteiger partial charge on any atom is 0.287 e. The van der Waals surface area contributed by atoms with Gasteiger partial charge in [0.15, 0.2) is 11.2 Å². The van der Waals surface area contributed by atoms with Crippen molar-refractivity contribution in [2.75, 3.05) is 0 Å². The van der Waals surface area contributed by atoms with E-state index in [-0.39, 0.29) is 23.2 Å². The normalized spacial score (nSPS) is 11.7. The minimum absolute atomic E-state index is 0.0756. The van der Waals surface area contributed by atoms with Crippen molar-refractivity contribution in [2.24, 2.45) is 5.73 Å². The molecule has 0 saturated heterocycles. The van der Waals surface area contributed by atoms with E-state index < -0.39 is 23.6 Å². The van der Waals surface area contributed by atoms with Crippen LogP contribution in [0, 0.1) is 0 Å². The summed E-state index contributed by atoms with van der Waals surface area (Å²) in [6.07, 6.45) is 0.0756. The van der Waals surface area contributed by atoms with Gasteiger partial charge in [-0.25, -0.2) is 0 Å². The van der Waals surface area contributed by atoms with Crippen LogP contribution in [0.15, 0.2) is 69.9 Å². The van der Waals surface area contributed by atoms with E-state index in [4.69, 9.17) is 10.2 Å². The van der Waals surface area contributed by atoms with Gasteiger partial charge in [-0.1, -0.05) is 42.5 Å². The van der Waals surface area contributed by atoms with Gasteiger partial charge in [0.25, 0.3) is 11.8 Å². The van der Waals surface area contributed by atoms with Crippen molar-refractivity contribution in [3.8, 4) is 0 Å². The fourth-order valence-corrected chi connectivity index (χ4v) is 2.68. The SMILES string of the molecule is NC(=O)C(=O)[C@H](Cc1ccccc1)NC(=O)c1cc(=O)c2ccccc2o1. The number of carbonyl (C=O) groups excluding carboxylic acids is 3. The van der Waals surface area contributed by atoms with Crippen molar-refractivity contribution in [1.29, 1.82) is 0 Å². The summed E-state index contributed by atoms with van der Waals surface area (Å²) in [7, 11) is 0. The van der Waals surface area contributed by atoms with Crippen LogP contribution in [-0.2, 0) is 16.0 Å². The van der Waals surface area contributed by atoms with Crippen LogP contribution < -0.4 is 16.5 Å². The predicted octanol–water partition coefficient (Wildman–Crippen LogP) is 1.19. The van der Waals surface area contributed by atoms with Crippen LogP contribution in [0.4, 0.5) is 0 Å². The van der Waals surface area contributed by atoms with Gasteiger partial charge in [-0.15, -0.1) is 0 Å². The van der Waals surface area contributed by atoms with Crippen molar-refractivity contribution >= 4 is 28.6 Å². The Balaban J connectivity index is 1.89. The smallest absolute Gasteiger partial charge is 0.287 e. The van der Waals surface area contributed by atoms with E-state index in [0.29, 0.717) is 5.39 Å². The van der Waals surface area contributed by atoms with Crippen LogP contribution in [-0.4, -0.2) is 23.6 Å². The van der Waals surface area contributed by atoms with E-state index >= 15 is 0 Å². The van der Waals surface area contributed by atoms with Crippen LogP contribution in [0.3, 0.4) is 0 Å². The molecule has 1 heterocycles. The fraction of sp³-hybridized carbons (Fsp3) is 0.100. The number of nitrogens with one attached hydrogen (secondary N) is 1. The second-order valence-corrected chi connectivity index (χ2v) is 5.92. The molecule has 0 radical (unpaired) electrons. The monoisotopic (exact) mass is 364 g/mol. The van der Waals surface area contributed by atoms with Crippen LogP contribution in [0.5, 0.6) is 0 Å². The third-order valence-corrected chi connectivity index (χ3v) is 4.01. The molecule has 0 saturated carbocycles. The lowest BCUT2D eigenvalue weighted by molar-refractivity contribution is -0.137. The zero-order valence-corrected chi connectivity index (χ0v) is 14.2. The first-order valence-corrected chi connectivity index (χ1v) is 8.17. The van der Waals surface area contributed by atoms with Crippen molar-refractivity contribution < 1.29 is 18.8 Å². The molecule has 1 aromatic heterocycles. The van der Waals surface area contributed by atoms with Crippen molar-refractivity contribution in [2.45, 2.75) is 12.5 Å². The third kappa shape index (κ3) is 4.09. The lowest BCUT2D eigenvalue weighted by Gasteiger charge is -2.16. The van der Waals surface area contributed by atoms with E-state index in [1.165, 1.54) is 0 Å². The zero-order valence-electron chi connectivity index (χ0n) is 14.2. The van der Waals surface area contributed by atoms with Gasteiger partial charge < -0.3 is 15.5 Å². The zero-order chi connectivity index (χ0) is 19.4. The molecule has 7 nitrogen and oxygen atoms in total. The second kappa shape index (κ2) is 7.65. The molecule has 7 heteroatoms. The Morgan fingerprint density at radius 1 is 1.00 bits per heavy atom. The Bertz CT molecular complexity index is 1070. The first-order valence-electron chi connectivity index (χ1n) is 8.17. The van der Waals surface area contributed by atoms with Crippen LogP contribution in [0.1, 0.15) is 16.1 Å².